The highest BCUT2D eigenvalue weighted by Gasteiger charge is 2.35. The van der Waals surface area contributed by atoms with E-state index in [1.54, 1.807) is 18.2 Å². The SMILES string of the molecule is CCOc1cc(/C=C2\C(=O)NC(=S)N(c3ccccc3F)C2=O)cc(Br)c1OCc1ccc(C)cc1. The van der Waals surface area contributed by atoms with Gasteiger partial charge in [-0.3, -0.25) is 14.9 Å². The van der Waals surface area contributed by atoms with Crippen LogP contribution in [0.3, 0.4) is 0 Å². The molecule has 0 aliphatic carbocycles. The number of hydrogen-bond donors (Lipinski definition) is 1. The molecule has 2 amide bonds. The molecule has 0 saturated carbocycles. The Hall–Kier alpha value is -3.56. The lowest BCUT2D eigenvalue weighted by Gasteiger charge is -2.29. The Labute approximate surface area is 221 Å². The fourth-order valence-electron chi connectivity index (χ4n) is 3.59. The number of aryl methyl sites for hydroxylation is 1. The van der Waals surface area contributed by atoms with Gasteiger partial charge >= 0.3 is 0 Å². The van der Waals surface area contributed by atoms with E-state index in [2.05, 4.69) is 21.2 Å². The van der Waals surface area contributed by atoms with E-state index in [1.165, 1.54) is 24.3 Å². The van der Waals surface area contributed by atoms with Crippen LogP contribution < -0.4 is 19.7 Å². The summed E-state index contributed by atoms with van der Waals surface area (Å²) in [5, 5.41) is 2.27. The lowest BCUT2D eigenvalue weighted by Crippen LogP contribution is -2.54. The minimum Gasteiger partial charge on any atom is -0.490 e. The largest absolute Gasteiger partial charge is 0.490 e. The topological polar surface area (TPSA) is 67.9 Å². The summed E-state index contributed by atoms with van der Waals surface area (Å²) in [5.41, 5.74) is 2.41. The number of para-hydroxylation sites is 1. The molecular formula is C27H22BrFN2O4S. The van der Waals surface area contributed by atoms with Gasteiger partial charge in [-0.05, 0) is 83.5 Å². The number of carbonyl (C=O) groups is 2. The summed E-state index contributed by atoms with van der Waals surface area (Å²) in [5.74, 6) is -1.11. The maximum absolute atomic E-state index is 14.4. The summed E-state index contributed by atoms with van der Waals surface area (Å²) in [4.78, 5) is 26.8. The van der Waals surface area contributed by atoms with Crippen molar-refractivity contribution in [2.75, 3.05) is 11.5 Å². The van der Waals surface area contributed by atoms with Crippen molar-refractivity contribution in [1.29, 1.82) is 0 Å². The number of thiocarbonyl (C=S) groups is 1. The second-order valence-electron chi connectivity index (χ2n) is 7.95. The van der Waals surface area contributed by atoms with Crippen molar-refractivity contribution < 1.29 is 23.5 Å². The molecule has 184 valence electrons. The molecule has 1 aliphatic heterocycles. The lowest BCUT2D eigenvalue weighted by atomic mass is 10.1. The van der Waals surface area contributed by atoms with Crippen LogP contribution in [-0.2, 0) is 16.2 Å². The number of nitrogens with one attached hydrogen (secondary N) is 1. The molecule has 36 heavy (non-hydrogen) atoms. The quantitative estimate of drug-likeness (QED) is 0.225. The minimum atomic E-state index is -0.734. The molecule has 1 N–H and O–H groups in total. The molecule has 0 bridgehead atoms. The molecule has 1 aliphatic rings. The number of nitrogens with zero attached hydrogens (tertiary/aromatic N) is 1. The normalized spacial score (nSPS) is 14.7. The van der Waals surface area contributed by atoms with Crippen LogP contribution in [-0.4, -0.2) is 23.5 Å². The van der Waals surface area contributed by atoms with Crippen molar-refractivity contribution in [3.05, 3.63) is 93.2 Å². The first-order valence-electron chi connectivity index (χ1n) is 11.1. The fourth-order valence-corrected chi connectivity index (χ4v) is 4.44. The summed E-state index contributed by atoms with van der Waals surface area (Å²) in [6.07, 6.45) is 1.41. The Balaban J connectivity index is 1.66. The van der Waals surface area contributed by atoms with Crippen LogP contribution in [0.4, 0.5) is 10.1 Å². The first kappa shape index (κ1) is 25.5. The number of anilines is 1. The van der Waals surface area contributed by atoms with E-state index in [0.717, 1.165) is 16.0 Å². The van der Waals surface area contributed by atoms with E-state index in [1.807, 2.05) is 38.1 Å². The van der Waals surface area contributed by atoms with E-state index in [4.69, 9.17) is 21.7 Å². The lowest BCUT2D eigenvalue weighted by molar-refractivity contribution is -0.122. The van der Waals surface area contributed by atoms with Gasteiger partial charge < -0.3 is 9.47 Å². The van der Waals surface area contributed by atoms with Crippen LogP contribution in [0.5, 0.6) is 11.5 Å². The molecular weight excluding hydrogens is 547 g/mol. The van der Waals surface area contributed by atoms with Crippen LogP contribution in [0.15, 0.2) is 70.7 Å². The molecule has 1 saturated heterocycles. The molecule has 0 spiro atoms. The molecule has 1 heterocycles. The number of halogens is 2. The maximum atomic E-state index is 14.4. The second kappa shape index (κ2) is 11.0. The Morgan fingerprint density at radius 3 is 2.50 bits per heavy atom. The number of ether oxygens (including phenoxy) is 2. The Morgan fingerprint density at radius 1 is 1.08 bits per heavy atom. The van der Waals surface area contributed by atoms with E-state index < -0.39 is 17.6 Å². The van der Waals surface area contributed by atoms with Gasteiger partial charge in [0.15, 0.2) is 16.6 Å². The summed E-state index contributed by atoms with van der Waals surface area (Å²) >= 11 is 8.66. The third-order valence-corrected chi connectivity index (χ3v) is 6.22. The maximum Gasteiger partial charge on any atom is 0.270 e. The summed E-state index contributed by atoms with van der Waals surface area (Å²) < 4.78 is 26.8. The van der Waals surface area contributed by atoms with E-state index in [0.29, 0.717) is 34.7 Å². The Morgan fingerprint density at radius 2 is 1.81 bits per heavy atom. The summed E-state index contributed by atoms with van der Waals surface area (Å²) in [7, 11) is 0. The molecule has 0 atom stereocenters. The van der Waals surface area contributed by atoms with Crippen LogP contribution >= 0.6 is 28.1 Å². The molecule has 6 nitrogen and oxygen atoms in total. The number of rotatable bonds is 7. The van der Waals surface area contributed by atoms with E-state index >= 15 is 0 Å². The number of amides is 2. The molecule has 3 aromatic carbocycles. The fraction of sp³-hybridized carbons (Fsp3) is 0.148. The van der Waals surface area contributed by atoms with Crippen molar-refractivity contribution in [2.45, 2.75) is 20.5 Å². The van der Waals surface area contributed by atoms with E-state index in [-0.39, 0.29) is 16.4 Å². The van der Waals surface area contributed by atoms with Crippen molar-refractivity contribution in [3.8, 4) is 11.5 Å². The molecule has 0 unspecified atom stereocenters. The van der Waals surface area contributed by atoms with Gasteiger partial charge in [0, 0.05) is 0 Å². The van der Waals surface area contributed by atoms with Gasteiger partial charge in [0.1, 0.15) is 18.0 Å². The smallest absolute Gasteiger partial charge is 0.270 e. The average molecular weight is 569 g/mol. The van der Waals surface area contributed by atoms with Crippen LogP contribution in [0, 0.1) is 12.7 Å². The third-order valence-electron chi connectivity index (χ3n) is 5.34. The van der Waals surface area contributed by atoms with Gasteiger partial charge in [0.2, 0.25) is 0 Å². The first-order chi connectivity index (χ1) is 17.3. The zero-order chi connectivity index (χ0) is 25.8. The van der Waals surface area contributed by atoms with Crippen molar-refractivity contribution in [3.63, 3.8) is 0 Å². The van der Waals surface area contributed by atoms with Gasteiger partial charge in [-0.15, -0.1) is 0 Å². The van der Waals surface area contributed by atoms with Crippen molar-refractivity contribution >= 4 is 56.8 Å². The highest BCUT2D eigenvalue weighted by atomic mass is 79.9. The number of hydrogen-bond acceptors (Lipinski definition) is 5. The predicted molar refractivity (Wildman–Crippen MR) is 143 cm³/mol. The predicted octanol–water partition coefficient (Wildman–Crippen LogP) is 5.71. The monoisotopic (exact) mass is 568 g/mol. The molecule has 9 heteroatoms. The average Bonchev–Trinajstić information content (AvgIpc) is 2.83. The molecule has 0 aromatic heterocycles. The first-order valence-corrected chi connectivity index (χ1v) is 12.3. The second-order valence-corrected chi connectivity index (χ2v) is 9.19. The highest BCUT2D eigenvalue weighted by Crippen LogP contribution is 2.38. The zero-order valence-electron chi connectivity index (χ0n) is 19.5. The molecule has 1 fully saturated rings. The summed E-state index contributed by atoms with van der Waals surface area (Å²) in [6.45, 7) is 4.56. The van der Waals surface area contributed by atoms with Gasteiger partial charge in [0.25, 0.3) is 11.8 Å². The molecule has 0 radical (unpaired) electrons. The van der Waals surface area contributed by atoms with Gasteiger partial charge in [-0.1, -0.05) is 42.0 Å². The van der Waals surface area contributed by atoms with Crippen LogP contribution in [0.2, 0.25) is 0 Å². The molecule has 3 aromatic rings. The Bertz CT molecular complexity index is 1370. The van der Waals surface area contributed by atoms with Crippen molar-refractivity contribution in [2.24, 2.45) is 0 Å². The number of benzene rings is 3. The van der Waals surface area contributed by atoms with Gasteiger partial charge in [-0.2, -0.15) is 0 Å². The van der Waals surface area contributed by atoms with Gasteiger partial charge in [-0.25, -0.2) is 9.29 Å². The zero-order valence-corrected chi connectivity index (χ0v) is 21.9. The van der Waals surface area contributed by atoms with Gasteiger partial charge in [0.05, 0.1) is 16.8 Å². The minimum absolute atomic E-state index is 0.0468. The molecule has 4 rings (SSSR count). The third kappa shape index (κ3) is 5.47. The van der Waals surface area contributed by atoms with Crippen molar-refractivity contribution in [1.82, 2.24) is 5.32 Å². The Kier molecular flexibility index (Phi) is 7.81. The number of carbonyl (C=O) groups excluding carboxylic acids is 2. The van der Waals surface area contributed by atoms with E-state index in [9.17, 15) is 14.0 Å². The highest BCUT2D eigenvalue weighted by molar-refractivity contribution is 9.10. The van der Waals surface area contributed by atoms with Crippen LogP contribution in [0.25, 0.3) is 6.08 Å². The van der Waals surface area contributed by atoms with Crippen LogP contribution in [0.1, 0.15) is 23.6 Å². The summed E-state index contributed by atoms with van der Waals surface area (Å²) in [6, 6.07) is 17.1. The standard InChI is InChI=1S/C27H22BrFN2O4S/c1-3-34-23-14-18(13-20(28)24(23)35-15-17-10-8-16(2)9-11-17)12-19-25(32)30-27(36)31(26(19)33)22-7-5-4-6-21(22)29/h4-14H,3,15H2,1-2H3,(H,30,32,36)/b19-12+.